The van der Waals surface area contributed by atoms with Crippen molar-refractivity contribution in [1.82, 2.24) is 9.97 Å². The molecule has 1 aliphatic rings. The molecule has 0 spiro atoms. The van der Waals surface area contributed by atoms with Gasteiger partial charge in [0.25, 0.3) is 5.91 Å². The maximum atomic E-state index is 12.6. The second-order valence-electron chi connectivity index (χ2n) is 7.59. The van der Waals surface area contributed by atoms with Crippen LogP contribution in [-0.2, 0) is 0 Å². The highest BCUT2D eigenvalue weighted by atomic mass is 16.1. The van der Waals surface area contributed by atoms with Crippen LogP contribution in [0.15, 0.2) is 30.6 Å². The minimum atomic E-state index is -0.183. The number of anilines is 3. The molecule has 0 saturated carbocycles. The van der Waals surface area contributed by atoms with Crippen LogP contribution in [0.3, 0.4) is 0 Å². The smallest absolute Gasteiger partial charge is 0.258 e. The van der Waals surface area contributed by atoms with Gasteiger partial charge in [0.15, 0.2) is 0 Å². The van der Waals surface area contributed by atoms with Crippen molar-refractivity contribution in [3.63, 3.8) is 0 Å². The largest absolute Gasteiger partial charge is 0.372 e. The molecule has 1 N–H and O–H groups in total. The van der Waals surface area contributed by atoms with Crippen LogP contribution in [0.4, 0.5) is 17.3 Å². The highest BCUT2D eigenvalue weighted by Gasteiger charge is 2.19. The zero-order valence-corrected chi connectivity index (χ0v) is 17.4. The van der Waals surface area contributed by atoms with E-state index in [-0.39, 0.29) is 5.91 Å². The molecule has 1 aliphatic heterocycles. The molecular weight excluding hydrogens is 350 g/mol. The van der Waals surface area contributed by atoms with Crippen molar-refractivity contribution in [2.24, 2.45) is 5.92 Å². The molecule has 1 aromatic heterocycles. The third-order valence-electron chi connectivity index (χ3n) is 5.43. The van der Waals surface area contributed by atoms with Crippen molar-refractivity contribution in [2.45, 2.75) is 40.5 Å². The molecule has 1 amide bonds. The quantitative estimate of drug-likeness (QED) is 0.815. The summed E-state index contributed by atoms with van der Waals surface area (Å²) in [5, 5.41) is 2.98. The van der Waals surface area contributed by atoms with Gasteiger partial charge < -0.3 is 15.1 Å². The van der Waals surface area contributed by atoms with E-state index in [2.05, 4.69) is 51.9 Å². The SMILES string of the molecule is CCN(CC)c1ccc(NC(=O)c2cnc(N3CCCC(C)C3)nc2)c(C)c1. The molecule has 1 aromatic carbocycles. The van der Waals surface area contributed by atoms with Crippen LogP contribution in [0, 0.1) is 12.8 Å². The molecule has 1 fully saturated rings. The molecule has 2 aromatic rings. The zero-order chi connectivity index (χ0) is 20.1. The van der Waals surface area contributed by atoms with Crippen molar-refractivity contribution < 1.29 is 4.79 Å². The monoisotopic (exact) mass is 381 g/mol. The molecule has 1 saturated heterocycles. The predicted octanol–water partition coefficient (Wildman–Crippen LogP) is 4.12. The summed E-state index contributed by atoms with van der Waals surface area (Å²) in [7, 11) is 0. The second-order valence-corrected chi connectivity index (χ2v) is 7.59. The van der Waals surface area contributed by atoms with Gasteiger partial charge in [0.1, 0.15) is 0 Å². The normalized spacial score (nSPS) is 16.7. The fourth-order valence-electron chi connectivity index (χ4n) is 3.74. The van der Waals surface area contributed by atoms with Gasteiger partial charge >= 0.3 is 0 Å². The Balaban J connectivity index is 1.67. The molecule has 150 valence electrons. The van der Waals surface area contributed by atoms with Crippen molar-refractivity contribution in [3.05, 3.63) is 41.7 Å². The van der Waals surface area contributed by atoms with E-state index in [1.807, 2.05) is 19.1 Å². The molecule has 1 atom stereocenters. The standard InChI is InChI=1S/C22H31N5O/c1-5-26(6-2)19-9-10-20(17(4)12-19)25-21(28)18-13-23-22(24-14-18)27-11-7-8-16(3)15-27/h9-10,12-14,16H,5-8,11,15H2,1-4H3,(H,25,28). The highest BCUT2D eigenvalue weighted by Crippen LogP contribution is 2.23. The van der Waals surface area contributed by atoms with Crippen LogP contribution in [0.5, 0.6) is 0 Å². The fraction of sp³-hybridized carbons (Fsp3) is 0.500. The van der Waals surface area contributed by atoms with E-state index in [0.29, 0.717) is 17.4 Å². The first-order chi connectivity index (χ1) is 13.5. The van der Waals surface area contributed by atoms with Gasteiger partial charge in [-0.3, -0.25) is 4.79 Å². The van der Waals surface area contributed by atoms with E-state index in [9.17, 15) is 4.79 Å². The minimum absolute atomic E-state index is 0.183. The molecule has 1 unspecified atom stereocenters. The number of carbonyl (C=O) groups excluding carboxylic acids is 1. The Morgan fingerprint density at radius 2 is 1.96 bits per heavy atom. The summed E-state index contributed by atoms with van der Waals surface area (Å²) in [6, 6.07) is 6.12. The number of benzene rings is 1. The van der Waals surface area contributed by atoms with Crippen molar-refractivity contribution >= 4 is 23.2 Å². The number of aromatic nitrogens is 2. The van der Waals surface area contributed by atoms with Gasteiger partial charge in [-0.25, -0.2) is 9.97 Å². The second kappa shape index (κ2) is 9.04. The molecule has 0 bridgehead atoms. The Labute approximate surface area is 168 Å². The Bertz CT molecular complexity index is 801. The van der Waals surface area contributed by atoms with E-state index in [1.54, 1.807) is 12.4 Å². The Morgan fingerprint density at radius 1 is 1.25 bits per heavy atom. The van der Waals surface area contributed by atoms with Gasteiger partial charge in [-0.2, -0.15) is 0 Å². The van der Waals surface area contributed by atoms with E-state index >= 15 is 0 Å². The van der Waals surface area contributed by atoms with E-state index < -0.39 is 0 Å². The highest BCUT2D eigenvalue weighted by molar-refractivity contribution is 6.04. The third kappa shape index (κ3) is 4.61. The first-order valence-corrected chi connectivity index (χ1v) is 10.3. The van der Waals surface area contributed by atoms with E-state index in [0.717, 1.165) is 43.9 Å². The van der Waals surface area contributed by atoms with Gasteiger partial charge in [-0.1, -0.05) is 6.92 Å². The van der Waals surface area contributed by atoms with E-state index in [1.165, 1.54) is 12.1 Å². The number of carbonyl (C=O) groups is 1. The van der Waals surface area contributed by atoms with Gasteiger partial charge in [0.2, 0.25) is 5.95 Å². The molecule has 6 nitrogen and oxygen atoms in total. The lowest BCUT2D eigenvalue weighted by Crippen LogP contribution is -2.35. The summed E-state index contributed by atoms with van der Waals surface area (Å²) in [4.78, 5) is 26.0. The van der Waals surface area contributed by atoms with Crippen LogP contribution in [0.2, 0.25) is 0 Å². The zero-order valence-electron chi connectivity index (χ0n) is 17.4. The summed E-state index contributed by atoms with van der Waals surface area (Å²) < 4.78 is 0. The number of amides is 1. The van der Waals surface area contributed by atoms with Crippen molar-refractivity contribution in [1.29, 1.82) is 0 Å². The average Bonchev–Trinajstić information content (AvgIpc) is 2.71. The van der Waals surface area contributed by atoms with E-state index in [4.69, 9.17) is 0 Å². The lowest BCUT2D eigenvalue weighted by Gasteiger charge is -2.30. The van der Waals surface area contributed by atoms with Crippen LogP contribution in [0.25, 0.3) is 0 Å². The van der Waals surface area contributed by atoms with Crippen molar-refractivity contribution in [3.8, 4) is 0 Å². The number of hydrogen-bond acceptors (Lipinski definition) is 5. The van der Waals surface area contributed by atoms with Gasteiger partial charge in [0.05, 0.1) is 5.56 Å². The lowest BCUT2D eigenvalue weighted by atomic mass is 10.0. The molecule has 0 aliphatic carbocycles. The molecule has 28 heavy (non-hydrogen) atoms. The van der Waals surface area contributed by atoms with Gasteiger partial charge in [-0.15, -0.1) is 0 Å². The number of piperidine rings is 1. The first kappa shape index (κ1) is 20.1. The first-order valence-electron chi connectivity index (χ1n) is 10.3. The number of rotatable bonds is 6. The Morgan fingerprint density at radius 3 is 2.57 bits per heavy atom. The average molecular weight is 382 g/mol. The summed E-state index contributed by atoms with van der Waals surface area (Å²) in [6.45, 7) is 12.4. The van der Waals surface area contributed by atoms with Crippen LogP contribution in [0.1, 0.15) is 49.5 Å². The number of nitrogens with one attached hydrogen (secondary N) is 1. The summed E-state index contributed by atoms with van der Waals surface area (Å²) in [5.74, 6) is 1.18. The Hall–Kier alpha value is -2.63. The Kier molecular flexibility index (Phi) is 6.49. The van der Waals surface area contributed by atoms with Crippen LogP contribution < -0.4 is 15.1 Å². The third-order valence-corrected chi connectivity index (χ3v) is 5.43. The maximum Gasteiger partial charge on any atom is 0.258 e. The minimum Gasteiger partial charge on any atom is -0.372 e. The summed E-state index contributed by atoms with van der Waals surface area (Å²) in [5.41, 5.74) is 3.50. The molecular formula is C22H31N5O. The molecule has 0 radical (unpaired) electrons. The number of nitrogens with zero attached hydrogens (tertiary/aromatic N) is 4. The predicted molar refractivity (Wildman–Crippen MR) is 115 cm³/mol. The molecule has 6 heteroatoms. The van der Waals surface area contributed by atoms with Crippen LogP contribution >= 0.6 is 0 Å². The van der Waals surface area contributed by atoms with Gasteiger partial charge in [0, 0.05) is 49.9 Å². The van der Waals surface area contributed by atoms with Crippen molar-refractivity contribution in [2.75, 3.05) is 41.3 Å². The lowest BCUT2D eigenvalue weighted by molar-refractivity contribution is 0.102. The molecule has 3 rings (SSSR count). The fourth-order valence-corrected chi connectivity index (χ4v) is 3.74. The molecule has 2 heterocycles. The number of aryl methyl sites for hydroxylation is 1. The summed E-state index contributed by atoms with van der Waals surface area (Å²) in [6.07, 6.45) is 5.66. The summed E-state index contributed by atoms with van der Waals surface area (Å²) >= 11 is 0. The maximum absolute atomic E-state index is 12.6. The van der Waals surface area contributed by atoms with Gasteiger partial charge in [-0.05, 0) is 63.3 Å². The van der Waals surface area contributed by atoms with Crippen LogP contribution in [-0.4, -0.2) is 42.1 Å². The topological polar surface area (TPSA) is 61.4 Å². The number of hydrogen-bond donors (Lipinski definition) is 1.